The number of hydrogen-bond donors (Lipinski definition) is 1. The molecule has 0 bridgehead atoms. The fourth-order valence-electron chi connectivity index (χ4n) is 1.80. The number of para-hydroxylation sites is 1. The molecule has 0 aliphatic carbocycles. The van der Waals surface area contributed by atoms with E-state index in [2.05, 4.69) is 21.2 Å². The third-order valence-electron chi connectivity index (χ3n) is 2.80. The molecule has 1 N–H and O–H groups in total. The lowest BCUT2D eigenvalue weighted by molar-refractivity contribution is -0.385. The maximum absolute atomic E-state index is 10.9. The largest absolute Gasteiger partial charge is 0.380 e. The molecule has 0 saturated heterocycles. The lowest BCUT2D eigenvalue weighted by Crippen LogP contribution is -2.01. The number of halogens is 1. The van der Waals surface area contributed by atoms with Crippen LogP contribution >= 0.6 is 27.7 Å². The minimum absolute atomic E-state index is 0.0856. The van der Waals surface area contributed by atoms with Gasteiger partial charge in [-0.05, 0) is 45.9 Å². The Morgan fingerprint density at radius 3 is 2.75 bits per heavy atom. The lowest BCUT2D eigenvalue weighted by atomic mass is 10.2. The van der Waals surface area contributed by atoms with Gasteiger partial charge in [0.2, 0.25) is 0 Å². The molecule has 2 aromatic carbocycles. The van der Waals surface area contributed by atoms with Gasteiger partial charge < -0.3 is 5.32 Å². The van der Waals surface area contributed by atoms with Crippen molar-refractivity contribution in [1.29, 1.82) is 0 Å². The zero-order valence-corrected chi connectivity index (χ0v) is 13.2. The van der Waals surface area contributed by atoms with E-state index in [1.807, 2.05) is 36.6 Å². The Morgan fingerprint density at radius 1 is 1.30 bits per heavy atom. The van der Waals surface area contributed by atoms with Crippen molar-refractivity contribution in [2.45, 2.75) is 11.4 Å². The third-order valence-corrected chi connectivity index (χ3v) is 4.26. The van der Waals surface area contributed by atoms with Gasteiger partial charge in [0, 0.05) is 23.2 Å². The molecule has 0 unspecified atom stereocenters. The van der Waals surface area contributed by atoms with Gasteiger partial charge in [-0.3, -0.25) is 10.1 Å². The monoisotopic (exact) mass is 352 g/mol. The van der Waals surface area contributed by atoms with Crippen molar-refractivity contribution in [3.05, 3.63) is 62.6 Å². The van der Waals surface area contributed by atoms with E-state index in [0.29, 0.717) is 11.0 Å². The van der Waals surface area contributed by atoms with Crippen molar-refractivity contribution < 1.29 is 4.92 Å². The molecule has 2 rings (SSSR count). The average molecular weight is 353 g/mol. The van der Waals surface area contributed by atoms with Crippen LogP contribution in [0.3, 0.4) is 0 Å². The molecule has 0 atom stereocenters. The van der Waals surface area contributed by atoms with Crippen LogP contribution in [-0.4, -0.2) is 11.2 Å². The molecule has 2 aromatic rings. The molecular weight excluding hydrogens is 340 g/mol. The van der Waals surface area contributed by atoms with Gasteiger partial charge in [-0.1, -0.05) is 18.2 Å². The summed E-state index contributed by atoms with van der Waals surface area (Å²) >= 11 is 4.85. The number of nitro benzene ring substituents is 1. The summed E-state index contributed by atoms with van der Waals surface area (Å²) in [5, 5.41) is 14.2. The van der Waals surface area contributed by atoms with Gasteiger partial charge in [0.1, 0.15) is 0 Å². The fraction of sp³-hybridized carbons (Fsp3) is 0.143. The van der Waals surface area contributed by atoms with E-state index in [4.69, 9.17) is 0 Å². The van der Waals surface area contributed by atoms with E-state index >= 15 is 0 Å². The number of benzene rings is 2. The molecule has 0 fully saturated rings. The first-order chi connectivity index (χ1) is 9.61. The van der Waals surface area contributed by atoms with E-state index in [9.17, 15) is 10.1 Å². The van der Waals surface area contributed by atoms with E-state index in [0.717, 1.165) is 16.1 Å². The number of nitrogens with zero attached hydrogens (tertiary/aromatic N) is 1. The Bertz CT molecular complexity index is 634. The molecule has 0 radical (unpaired) electrons. The highest BCUT2D eigenvalue weighted by Gasteiger charge is 2.12. The number of anilines is 1. The van der Waals surface area contributed by atoms with Gasteiger partial charge in [0.05, 0.1) is 9.40 Å². The van der Waals surface area contributed by atoms with E-state index in [-0.39, 0.29) is 10.6 Å². The Balaban J connectivity index is 2.15. The van der Waals surface area contributed by atoms with Crippen molar-refractivity contribution >= 4 is 39.1 Å². The fourth-order valence-corrected chi connectivity index (χ4v) is 2.76. The summed E-state index contributed by atoms with van der Waals surface area (Å²) < 4.78 is 0.496. The second kappa shape index (κ2) is 6.76. The Kier molecular flexibility index (Phi) is 5.03. The molecule has 0 saturated carbocycles. The van der Waals surface area contributed by atoms with Crippen LogP contribution in [0.25, 0.3) is 0 Å². The third kappa shape index (κ3) is 3.52. The highest BCUT2D eigenvalue weighted by molar-refractivity contribution is 9.10. The first-order valence-corrected chi connectivity index (χ1v) is 7.93. The van der Waals surface area contributed by atoms with E-state index in [1.54, 1.807) is 23.9 Å². The number of nitro groups is 1. The number of hydrogen-bond acceptors (Lipinski definition) is 4. The van der Waals surface area contributed by atoms with Crippen LogP contribution < -0.4 is 5.32 Å². The SMILES string of the molecule is CSc1ccccc1NCc1ccc(Br)c([N+](=O)[O-])c1. The van der Waals surface area contributed by atoms with Gasteiger partial charge in [-0.2, -0.15) is 0 Å². The van der Waals surface area contributed by atoms with Crippen molar-refractivity contribution in [2.24, 2.45) is 0 Å². The van der Waals surface area contributed by atoms with E-state index < -0.39 is 0 Å². The van der Waals surface area contributed by atoms with Crippen molar-refractivity contribution in [3.8, 4) is 0 Å². The molecule has 0 spiro atoms. The van der Waals surface area contributed by atoms with Crippen LogP contribution in [0.15, 0.2) is 51.8 Å². The minimum atomic E-state index is -0.385. The molecule has 0 aliphatic rings. The summed E-state index contributed by atoms with van der Waals surface area (Å²) in [6.07, 6.45) is 2.02. The minimum Gasteiger partial charge on any atom is -0.380 e. The predicted molar refractivity (Wildman–Crippen MR) is 86.3 cm³/mol. The van der Waals surface area contributed by atoms with E-state index in [1.165, 1.54) is 0 Å². The number of nitrogens with one attached hydrogen (secondary N) is 1. The predicted octanol–water partition coefficient (Wildman–Crippen LogP) is 4.69. The van der Waals surface area contributed by atoms with Gasteiger partial charge in [-0.15, -0.1) is 11.8 Å². The molecule has 0 heterocycles. The van der Waals surface area contributed by atoms with Crippen LogP contribution in [0.1, 0.15) is 5.56 Å². The molecule has 4 nitrogen and oxygen atoms in total. The standard InChI is InChI=1S/C14H13BrN2O2S/c1-20-14-5-3-2-4-12(14)16-9-10-6-7-11(15)13(8-10)17(18)19/h2-8,16H,9H2,1H3. The molecule has 20 heavy (non-hydrogen) atoms. The van der Waals surface area contributed by atoms with Crippen LogP contribution in [0.2, 0.25) is 0 Å². The topological polar surface area (TPSA) is 55.2 Å². The van der Waals surface area contributed by atoms with Crippen molar-refractivity contribution in [3.63, 3.8) is 0 Å². The maximum Gasteiger partial charge on any atom is 0.283 e. The summed E-state index contributed by atoms with van der Waals surface area (Å²) in [6, 6.07) is 13.1. The average Bonchev–Trinajstić information content (AvgIpc) is 2.46. The quantitative estimate of drug-likeness (QED) is 0.481. The Hall–Kier alpha value is -1.53. The summed E-state index contributed by atoms with van der Waals surface area (Å²) in [7, 11) is 0. The van der Waals surface area contributed by atoms with Crippen molar-refractivity contribution in [2.75, 3.05) is 11.6 Å². The van der Waals surface area contributed by atoms with Crippen LogP contribution in [0.5, 0.6) is 0 Å². The molecule has 6 heteroatoms. The number of rotatable bonds is 5. The van der Waals surface area contributed by atoms with Gasteiger partial charge in [-0.25, -0.2) is 0 Å². The van der Waals surface area contributed by atoms with Gasteiger partial charge in [0.15, 0.2) is 0 Å². The summed E-state index contributed by atoms with van der Waals surface area (Å²) in [4.78, 5) is 11.7. The first-order valence-electron chi connectivity index (χ1n) is 5.91. The van der Waals surface area contributed by atoms with Crippen LogP contribution in [-0.2, 0) is 6.54 Å². The van der Waals surface area contributed by atoms with Crippen LogP contribution in [0, 0.1) is 10.1 Å². The highest BCUT2D eigenvalue weighted by Crippen LogP contribution is 2.28. The molecule has 104 valence electrons. The second-order valence-electron chi connectivity index (χ2n) is 4.10. The lowest BCUT2D eigenvalue weighted by Gasteiger charge is -2.10. The van der Waals surface area contributed by atoms with Crippen LogP contribution in [0.4, 0.5) is 11.4 Å². The highest BCUT2D eigenvalue weighted by atomic mass is 79.9. The normalized spacial score (nSPS) is 10.3. The summed E-state index contributed by atoms with van der Waals surface area (Å²) in [6.45, 7) is 0.547. The second-order valence-corrected chi connectivity index (χ2v) is 5.80. The van der Waals surface area contributed by atoms with Gasteiger partial charge in [0.25, 0.3) is 5.69 Å². The Morgan fingerprint density at radius 2 is 2.05 bits per heavy atom. The summed E-state index contributed by atoms with van der Waals surface area (Å²) in [5.41, 5.74) is 1.99. The zero-order valence-electron chi connectivity index (χ0n) is 10.8. The number of thioether (sulfide) groups is 1. The molecular formula is C14H13BrN2O2S. The summed E-state index contributed by atoms with van der Waals surface area (Å²) in [5.74, 6) is 0. The first kappa shape index (κ1) is 14.9. The molecule has 0 amide bonds. The maximum atomic E-state index is 10.9. The molecule has 0 aliphatic heterocycles. The van der Waals surface area contributed by atoms with Crippen molar-refractivity contribution in [1.82, 2.24) is 0 Å². The van der Waals surface area contributed by atoms with Gasteiger partial charge >= 0.3 is 0 Å². The Labute approximate surface area is 129 Å². The molecule has 0 aromatic heterocycles. The smallest absolute Gasteiger partial charge is 0.283 e. The zero-order chi connectivity index (χ0) is 14.5.